The van der Waals surface area contributed by atoms with Crippen molar-refractivity contribution in [3.63, 3.8) is 0 Å². The van der Waals surface area contributed by atoms with Crippen LogP contribution in [-0.2, 0) is 11.2 Å². The highest BCUT2D eigenvalue weighted by molar-refractivity contribution is 5.78. The first-order valence-electron chi connectivity index (χ1n) is 10.2. The van der Waals surface area contributed by atoms with E-state index in [1.165, 1.54) is 0 Å². The number of nitrogens with zero attached hydrogens (tertiary/aromatic N) is 2. The van der Waals surface area contributed by atoms with Crippen LogP contribution in [0, 0.1) is 5.92 Å². The number of piperidine rings is 1. The number of carbonyl (C=O) groups is 2. The first-order valence-corrected chi connectivity index (χ1v) is 10.2. The molecule has 0 aliphatic carbocycles. The molecule has 148 valence electrons. The summed E-state index contributed by atoms with van der Waals surface area (Å²) in [5, 5.41) is 13.4. The molecule has 2 N–H and O–H groups in total. The first kappa shape index (κ1) is 19.7. The standard InChI is InChI=1S/C21H31N3O3/c25-19(16-17-6-2-1-3-7-17)18-9-14-24(15-10-18)21(27)22-11-8-20(26)23-12-4-5-13-23/h1-3,6-7,18-19,25H,4-5,8-16H2,(H,22,27). The zero-order valence-corrected chi connectivity index (χ0v) is 16.0. The van der Waals surface area contributed by atoms with Crippen LogP contribution in [0.2, 0.25) is 0 Å². The van der Waals surface area contributed by atoms with Crippen molar-refractivity contribution in [3.05, 3.63) is 35.9 Å². The summed E-state index contributed by atoms with van der Waals surface area (Å²) in [5.41, 5.74) is 1.15. The number of likely N-dealkylation sites (tertiary alicyclic amines) is 2. The Bertz CT molecular complexity index is 608. The Kier molecular flexibility index (Phi) is 7.10. The molecule has 27 heavy (non-hydrogen) atoms. The SMILES string of the molecule is O=C(CCNC(=O)N1CCC(C(O)Cc2ccccc2)CC1)N1CCCC1. The van der Waals surface area contributed by atoms with Crippen molar-refractivity contribution in [1.82, 2.24) is 15.1 Å². The summed E-state index contributed by atoms with van der Waals surface area (Å²) in [4.78, 5) is 28.0. The van der Waals surface area contributed by atoms with Gasteiger partial charge in [0.05, 0.1) is 6.10 Å². The molecule has 2 fully saturated rings. The summed E-state index contributed by atoms with van der Waals surface area (Å²) in [5.74, 6) is 0.363. The minimum absolute atomic E-state index is 0.0970. The lowest BCUT2D eigenvalue weighted by atomic mass is 9.88. The van der Waals surface area contributed by atoms with Crippen LogP contribution in [0.5, 0.6) is 0 Å². The van der Waals surface area contributed by atoms with Crippen LogP contribution in [0.4, 0.5) is 4.79 Å². The predicted molar refractivity (Wildman–Crippen MR) is 104 cm³/mol. The molecule has 3 rings (SSSR count). The van der Waals surface area contributed by atoms with E-state index in [1.807, 2.05) is 35.2 Å². The number of rotatable bonds is 6. The van der Waals surface area contributed by atoms with Gasteiger partial charge in [0.15, 0.2) is 0 Å². The highest BCUT2D eigenvalue weighted by Gasteiger charge is 2.27. The molecule has 1 unspecified atom stereocenters. The average Bonchev–Trinajstić information content (AvgIpc) is 3.23. The van der Waals surface area contributed by atoms with Crippen molar-refractivity contribution in [2.45, 2.75) is 44.6 Å². The Balaban J connectivity index is 1.34. The average molecular weight is 373 g/mol. The molecule has 1 atom stereocenters. The molecule has 2 saturated heterocycles. The van der Waals surface area contributed by atoms with Crippen molar-refractivity contribution in [2.24, 2.45) is 5.92 Å². The van der Waals surface area contributed by atoms with Gasteiger partial charge in [-0.15, -0.1) is 0 Å². The number of amides is 3. The van der Waals surface area contributed by atoms with E-state index in [4.69, 9.17) is 0 Å². The van der Waals surface area contributed by atoms with Crippen LogP contribution in [0.25, 0.3) is 0 Å². The van der Waals surface area contributed by atoms with E-state index in [0.717, 1.165) is 44.3 Å². The van der Waals surface area contributed by atoms with Crippen molar-refractivity contribution < 1.29 is 14.7 Å². The minimum Gasteiger partial charge on any atom is -0.392 e. The fourth-order valence-electron chi connectivity index (χ4n) is 4.02. The molecule has 1 aromatic rings. The number of urea groups is 1. The summed E-state index contributed by atoms with van der Waals surface area (Å²) in [6.45, 7) is 3.41. The van der Waals surface area contributed by atoms with E-state index in [9.17, 15) is 14.7 Å². The molecule has 0 radical (unpaired) electrons. The van der Waals surface area contributed by atoms with Crippen molar-refractivity contribution >= 4 is 11.9 Å². The van der Waals surface area contributed by atoms with Gasteiger partial charge >= 0.3 is 6.03 Å². The molecule has 0 saturated carbocycles. The van der Waals surface area contributed by atoms with E-state index in [-0.39, 0.29) is 24.0 Å². The molecule has 0 aromatic heterocycles. The van der Waals surface area contributed by atoms with Crippen molar-refractivity contribution in [2.75, 3.05) is 32.7 Å². The lowest BCUT2D eigenvalue weighted by Gasteiger charge is -2.34. The number of hydrogen-bond donors (Lipinski definition) is 2. The summed E-state index contributed by atoms with van der Waals surface area (Å²) in [6.07, 6.45) is 4.47. The van der Waals surface area contributed by atoms with Crippen LogP contribution in [0.3, 0.4) is 0 Å². The topological polar surface area (TPSA) is 72.9 Å². The van der Waals surface area contributed by atoms with Gasteiger partial charge in [-0.2, -0.15) is 0 Å². The van der Waals surface area contributed by atoms with Gasteiger partial charge < -0.3 is 20.2 Å². The number of benzene rings is 1. The normalized spacial score (nSPS) is 19.1. The molecule has 0 bridgehead atoms. The van der Waals surface area contributed by atoms with Gasteiger partial charge in [-0.3, -0.25) is 4.79 Å². The molecule has 6 heteroatoms. The van der Waals surface area contributed by atoms with Crippen LogP contribution in [-0.4, -0.2) is 65.7 Å². The zero-order chi connectivity index (χ0) is 19.1. The summed E-state index contributed by atoms with van der Waals surface area (Å²) in [6, 6.07) is 9.93. The predicted octanol–water partition coefficient (Wildman–Crippen LogP) is 2.02. The van der Waals surface area contributed by atoms with Crippen LogP contribution < -0.4 is 5.32 Å². The Labute approximate surface area is 161 Å². The first-order chi connectivity index (χ1) is 13.1. The third-order valence-corrected chi connectivity index (χ3v) is 5.73. The maximum absolute atomic E-state index is 12.3. The van der Waals surface area contributed by atoms with Gasteiger partial charge in [0, 0.05) is 39.1 Å². The van der Waals surface area contributed by atoms with Gasteiger partial charge in [0.1, 0.15) is 0 Å². The van der Waals surface area contributed by atoms with Crippen LogP contribution >= 0.6 is 0 Å². The Morgan fingerprint density at radius 2 is 1.70 bits per heavy atom. The summed E-state index contributed by atoms with van der Waals surface area (Å²) < 4.78 is 0. The molecular weight excluding hydrogens is 342 g/mol. The number of aliphatic hydroxyl groups excluding tert-OH is 1. The molecule has 1 aromatic carbocycles. The highest BCUT2D eigenvalue weighted by Crippen LogP contribution is 2.23. The number of carbonyl (C=O) groups excluding carboxylic acids is 2. The molecule has 0 spiro atoms. The third kappa shape index (κ3) is 5.70. The quantitative estimate of drug-likeness (QED) is 0.801. The van der Waals surface area contributed by atoms with Crippen molar-refractivity contribution in [3.8, 4) is 0 Å². The largest absolute Gasteiger partial charge is 0.392 e. The fourth-order valence-corrected chi connectivity index (χ4v) is 4.02. The molecule has 2 aliphatic rings. The van der Waals surface area contributed by atoms with Crippen molar-refractivity contribution in [1.29, 1.82) is 0 Å². The van der Waals surface area contributed by atoms with E-state index >= 15 is 0 Å². The van der Waals surface area contributed by atoms with E-state index < -0.39 is 0 Å². The lowest BCUT2D eigenvalue weighted by molar-refractivity contribution is -0.129. The lowest BCUT2D eigenvalue weighted by Crippen LogP contribution is -2.46. The molecule has 6 nitrogen and oxygen atoms in total. The third-order valence-electron chi connectivity index (χ3n) is 5.73. The van der Waals surface area contributed by atoms with Gasteiger partial charge in [-0.05, 0) is 43.6 Å². The van der Waals surface area contributed by atoms with Crippen LogP contribution in [0.1, 0.15) is 37.7 Å². The number of aliphatic hydroxyl groups is 1. The second kappa shape index (κ2) is 9.74. The molecule has 2 heterocycles. The second-order valence-electron chi connectivity index (χ2n) is 7.65. The smallest absolute Gasteiger partial charge is 0.317 e. The van der Waals surface area contributed by atoms with Gasteiger partial charge in [-0.1, -0.05) is 30.3 Å². The fraction of sp³-hybridized carbons (Fsp3) is 0.619. The minimum atomic E-state index is -0.365. The van der Waals surface area contributed by atoms with Crippen LogP contribution in [0.15, 0.2) is 30.3 Å². The van der Waals surface area contributed by atoms with E-state index in [1.54, 1.807) is 4.90 Å². The Morgan fingerprint density at radius 1 is 1.04 bits per heavy atom. The maximum Gasteiger partial charge on any atom is 0.317 e. The monoisotopic (exact) mass is 373 g/mol. The van der Waals surface area contributed by atoms with Gasteiger partial charge in [-0.25, -0.2) is 4.79 Å². The maximum atomic E-state index is 12.3. The number of hydrogen-bond acceptors (Lipinski definition) is 3. The van der Waals surface area contributed by atoms with E-state index in [0.29, 0.717) is 32.5 Å². The second-order valence-corrected chi connectivity index (χ2v) is 7.65. The van der Waals surface area contributed by atoms with E-state index in [2.05, 4.69) is 5.32 Å². The summed E-state index contributed by atoms with van der Waals surface area (Å²) in [7, 11) is 0. The number of nitrogens with one attached hydrogen (secondary N) is 1. The molecule has 3 amide bonds. The molecule has 2 aliphatic heterocycles. The van der Waals surface area contributed by atoms with Gasteiger partial charge in [0.25, 0.3) is 0 Å². The Morgan fingerprint density at radius 3 is 2.37 bits per heavy atom. The highest BCUT2D eigenvalue weighted by atomic mass is 16.3. The summed E-state index contributed by atoms with van der Waals surface area (Å²) >= 11 is 0. The molecular formula is C21H31N3O3. The van der Waals surface area contributed by atoms with Gasteiger partial charge in [0.2, 0.25) is 5.91 Å². The zero-order valence-electron chi connectivity index (χ0n) is 16.0. The Hall–Kier alpha value is -2.08.